The topological polar surface area (TPSA) is 35.0 Å². The molecule has 17 heavy (non-hydrogen) atoms. The second kappa shape index (κ2) is 5.27. The Balaban J connectivity index is 2.34. The lowest BCUT2D eigenvalue weighted by Crippen LogP contribution is -1.99. The van der Waals surface area contributed by atoms with Crippen molar-refractivity contribution in [2.75, 3.05) is 6.61 Å². The van der Waals surface area contributed by atoms with Crippen molar-refractivity contribution in [2.24, 2.45) is 0 Å². The molecule has 0 aliphatic rings. The van der Waals surface area contributed by atoms with Crippen molar-refractivity contribution in [1.29, 1.82) is 0 Å². The molecule has 2 aromatic rings. The summed E-state index contributed by atoms with van der Waals surface area (Å²) in [7, 11) is 0. The van der Waals surface area contributed by atoms with Crippen LogP contribution < -0.4 is 4.74 Å². The van der Waals surface area contributed by atoms with E-state index in [1.54, 1.807) is 0 Å². The summed E-state index contributed by atoms with van der Waals surface area (Å²) in [6, 6.07) is 9.98. The molecule has 0 radical (unpaired) electrons. The summed E-state index contributed by atoms with van der Waals surface area (Å²) >= 11 is 3.41. The average molecular weight is 293 g/mol. The van der Waals surface area contributed by atoms with Crippen LogP contribution in [0, 0.1) is 6.92 Å². The van der Waals surface area contributed by atoms with Gasteiger partial charge in [0.25, 0.3) is 0 Å². The van der Waals surface area contributed by atoms with E-state index in [0.717, 1.165) is 21.3 Å². The van der Waals surface area contributed by atoms with Crippen molar-refractivity contribution in [3.05, 3.63) is 40.4 Å². The number of aryl methyl sites for hydroxylation is 1. The highest BCUT2D eigenvalue weighted by molar-refractivity contribution is 9.10. The van der Waals surface area contributed by atoms with Crippen molar-refractivity contribution in [2.45, 2.75) is 13.8 Å². The Labute approximate surface area is 109 Å². The lowest BCUT2D eigenvalue weighted by molar-refractivity contribution is 0.320. The van der Waals surface area contributed by atoms with Gasteiger partial charge in [-0.2, -0.15) is 0 Å². The number of ether oxygens (including phenoxy) is 1. The molecule has 0 N–H and O–H groups in total. The Morgan fingerprint density at radius 2 is 1.88 bits per heavy atom. The van der Waals surface area contributed by atoms with E-state index in [0.29, 0.717) is 12.5 Å². The maximum Gasteiger partial charge on any atom is 0.236 e. The zero-order chi connectivity index (χ0) is 12.3. The number of benzene rings is 1. The van der Waals surface area contributed by atoms with Crippen LogP contribution in [0.2, 0.25) is 0 Å². The van der Waals surface area contributed by atoms with Gasteiger partial charge in [0.15, 0.2) is 0 Å². The first-order valence-electron chi connectivity index (χ1n) is 5.43. The van der Waals surface area contributed by atoms with Gasteiger partial charge in [-0.25, -0.2) is 0 Å². The summed E-state index contributed by atoms with van der Waals surface area (Å²) in [5.74, 6) is 0.605. The molecule has 4 heteroatoms. The van der Waals surface area contributed by atoms with Gasteiger partial charge in [-0.05, 0) is 32.0 Å². The lowest BCUT2D eigenvalue weighted by Gasteiger charge is -2.06. The van der Waals surface area contributed by atoms with Gasteiger partial charge in [0, 0.05) is 15.6 Å². The van der Waals surface area contributed by atoms with Crippen LogP contribution in [0.3, 0.4) is 0 Å². The van der Waals surface area contributed by atoms with Crippen LogP contribution in [0.4, 0.5) is 0 Å². The molecule has 0 amide bonds. The Kier molecular flexibility index (Phi) is 3.74. The third kappa shape index (κ3) is 2.82. The smallest absolute Gasteiger partial charge is 0.236 e. The SMILES string of the molecule is CCOc1nnc(-c2ccc(Br)cc2)cc1C. The number of nitrogens with zero attached hydrogens (tertiary/aromatic N) is 2. The number of halogens is 1. The van der Waals surface area contributed by atoms with E-state index < -0.39 is 0 Å². The maximum atomic E-state index is 5.37. The van der Waals surface area contributed by atoms with E-state index in [2.05, 4.69) is 26.1 Å². The normalized spacial score (nSPS) is 10.3. The Morgan fingerprint density at radius 1 is 1.18 bits per heavy atom. The van der Waals surface area contributed by atoms with Gasteiger partial charge in [-0.1, -0.05) is 28.1 Å². The minimum absolute atomic E-state index is 0.604. The highest BCUT2D eigenvalue weighted by Crippen LogP contribution is 2.22. The van der Waals surface area contributed by atoms with E-state index in [1.165, 1.54) is 0 Å². The van der Waals surface area contributed by atoms with Gasteiger partial charge in [0.05, 0.1) is 12.3 Å². The third-order valence-corrected chi connectivity index (χ3v) is 2.89. The zero-order valence-corrected chi connectivity index (χ0v) is 11.4. The van der Waals surface area contributed by atoms with Gasteiger partial charge in [-0.3, -0.25) is 0 Å². The van der Waals surface area contributed by atoms with E-state index in [4.69, 9.17) is 4.74 Å². The first-order valence-corrected chi connectivity index (χ1v) is 6.23. The van der Waals surface area contributed by atoms with E-state index in [9.17, 15) is 0 Å². The maximum absolute atomic E-state index is 5.37. The molecule has 88 valence electrons. The molecule has 0 fully saturated rings. The molecule has 0 unspecified atom stereocenters. The van der Waals surface area contributed by atoms with Gasteiger partial charge in [0.1, 0.15) is 0 Å². The van der Waals surface area contributed by atoms with E-state index in [1.807, 2.05) is 44.2 Å². The second-order valence-electron chi connectivity index (χ2n) is 3.66. The molecule has 1 aromatic carbocycles. The average Bonchev–Trinajstić information content (AvgIpc) is 2.33. The summed E-state index contributed by atoms with van der Waals surface area (Å²) in [5.41, 5.74) is 2.91. The van der Waals surface area contributed by atoms with Crippen LogP contribution in [-0.2, 0) is 0 Å². The molecule has 0 saturated heterocycles. The number of aromatic nitrogens is 2. The molecule has 0 aliphatic heterocycles. The van der Waals surface area contributed by atoms with Crippen LogP contribution in [0.25, 0.3) is 11.3 Å². The molecule has 3 nitrogen and oxygen atoms in total. The van der Waals surface area contributed by atoms with Gasteiger partial charge in [0.2, 0.25) is 5.88 Å². The van der Waals surface area contributed by atoms with Gasteiger partial charge in [-0.15, -0.1) is 10.2 Å². The lowest BCUT2D eigenvalue weighted by atomic mass is 10.1. The summed E-state index contributed by atoms with van der Waals surface area (Å²) < 4.78 is 6.42. The molecule has 2 rings (SSSR count). The molecule has 1 heterocycles. The van der Waals surface area contributed by atoms with Gasteiger partial charge >= 0.3 is 0 Å². The molecule has 0 atom stereocenters. The highest BCUT2D eigenvalue weighted by Gasteiger charge is 2.05. The van der Waals surface area contributed by atoms with Crippen LogP contribution in [0.5, 0.6) is 5.88 Å². The molecular weight excluding hydrogens is 280 g/mol. The second-order valence-corrected chi connectivity index (χ2v) is 4.57. The van der Waals surface area contributed by atoms with Crippen molar-refractivity contribution in [1.82, 2.24) is 10.2 Å². The minimum atomic E-state index is 0.604. The largest absolute Gasteiger partial charge is 0.477 e. The standard InChI is InChI=1S/C13H13BrN2O/c1-3-17-13-9(2)8-12(15-16-13)10-4-6-11(14)7-5-10/h4-8H,3H2,1-2H3. The number of hydrogen-bond donors (Lipinski definition) is 0. The fourth-order valence-electron chi connectivity index (χ4n) is 1.51. The fourth-order valence-corrected chi connectivity index (χ4v) is 1.78. The molecule has 1 aromatic heterocycles. The zero-order valence-electron chi connectivity index (χ0n) is 9.77. The summed E-state index contributed by atoms with van der Waals surface area (Å²) in [6.07, 6.45) is 0. The fraction of sp³-hybridized carbons (Fsp3) is 0.231. The predicted octanol–water partition coefficient (Wildman–Crippen LogP) is 3.61. The summed E-state index contributed by atoms with van der Waals surface area (Å²) in [5, 5.41) is 8.25. The third-order valence-electron chi connectivity index (χ3n) is 2.36. The molecular formula is C13H13BrN2O. The quantitative estimate of drug-likeness (QED) is 0.867. The number of hydrogen-bond acceptors (Lipinski definition) is 3. The number of rotatable bonds is 3. The highest BCUT2D eigenvalue weighted by atomic mass is 79.9. The van der Waals surface area contributed by atoms with Gasteiger partial charge < -0.3 is 4.74 Å². The Morgan fingerprint density at radius 3 is 2.47 bits per heavy atom. The first kappa shape index (κ1) is 12.0. The molecule has 0 spiro atoms. The monoisotopic (exact) mass is 292 g/mol. The van der Waals surface area contributed by atoms with Crippen molar-refractivity contribution >= 4 is 15.9 Å². The van der Waals surface area contributed by atoms with Crippen molar-refractivity contribution in [3.63, 3.8) is 0 Å². The van der Waals surface area contributed by atoms with Crippen LogP contribution in [-0.4, -0.2) is 16.8 Å². The summed E-state index contributed by atoms with van der Waals surface area (Å²) in [6.45, 7) is 4.51. The molecule has 0 bridgehead atoms. The molecule has 0 saturated carbocycles. The van der Waals surface area contributed by atoms with Crippen molar-refractivity contribution < 1.29 is 4.74 Å². The Hall–Kier alpha value is -1.42. The van der Waals surface area contributed by atoms with Crippen molar-refractivity contribution in [3.8, 4) is 17.1 Å². The van der Waals surface area contributed by atoms with Crippen LogP contribution in [0.1, 0.15) is 12.5 Å². The minimum Gasteiger partial charge on any atom is -0.477 e. The van der Waals surface area contributed by atoms with Crippen LogP contribution >= 0.6 is 15.9 Å². The van der Waals surface area contributed by atoms with E-state index in [-0.39, 0.29) is 0 Å². The predicted molar refractivity (Wildman–Crippen MR) is 71.1 cm³/mol. The Bertz CT molecular complexity index is 511. The van der Waals surface area contributed by atoms with Crippen LogP contribution in [0.15, 0.2) is 34.8 Å². The molecule has 0 aliphatic carbocycles. The first-order chi connectivity index (χ1) is 8.20. The van der Waals surface area contributed by atoms with E-state index >= 15 is 0 Å². The summed E-state index contributed by atoms with van der Waals surface area (Å²) in [4.78, 5) is 0.